The Morgan fingerprint density at radius 2 is 1.95 bits per heavy atom. The lowest BCUT2D eigenvalue weighted by Crippen LogP contribution is -2.41. The maximum atomic E-state index is 12.1. The van der Waals surface area contributed by atoms with Crippen LogP contribution in [-0.4, -0.2) is 57.2 Å². The summed E-state index contributed by atoms with van der Waals surface area (Å²) in [5.74, 6) is -0.857. The Kier molecular flexibility index (Phi) is 6.74. The summed E-state index contributed by atoms with van der Waals surface area (Å²) < 4.78 is 30.4. The maximum Gasteiger partial charge on any atom is 0.322 e. The molecule has 0 radical (unpaired) electrons. The SMILES string of the molecule is CCOC(=O)CS(=O)(=O)N(CC)CC1CCNCC1. The van der Waals surface area contributed by atoms with E-state index in [1.165, 1.54) is 4.31 Å². The van der Waals surface area contributed by atoms with Gasteiger partial charge in [0.1, 0.15) is 0 Å². The first-order chi connectivity index (χ1) is 8.99. The van der Waals surface area contributed by atoms with Gasteiger partial charge in [-0.1, -0.05) is 6.92 Å². The molecule has 19 heavy (non-hydrogen) atoms. The van der Waals surface area contributed by atoms with Gasteiger partial charge in [-0.25, -0.2) is 12.7 Å². The molecule has 0 aromatic heterocycles. The van der Waals surface area contributed by atoms with E-state index in [1.54, 1.807) is 13.8 Å². The minimum atomic E-state index is -3.55. The Labute approximate surface area is 115 Å². The normalized spacial score (nSPS) is 17.6. The summed E-state index contributed by atoms with van der Waals surface area (Å²) in [4.78, 5) is 11.3. The standard InChI is InChI=1S/C12H24N2O4S/c1-3-14(9-11-5-7-13-8-6-11)19(16,17)10-12(15)18-4-2/h11,13H,3-10H2,1-2H3. The predicted octanol–water partition coefficient (Wildman–Crippen LogP) is 0.201. The van der Waals surface area contributed by atoms with Crippen molar-refractivity contribution in [1.82, 2.24) is 9.62 Å². The Morgan fingerprint density at radius 3 is 2.47 bits per heavy atom. The number of hydrogen-bond acceptors (Lipinski definition) is 5. The maximum absolute atomic E-state index is 12.1. The van der Waals surface area contributed by atoms with Crippen LogP contribution in [0.15, 0.2) is 0 Å². The molecule has 1 aliphatic rings. The van der Waals surface area contributed by atoms with Gasteiger partial charge in [-0.2, -0.15) is 0 Å². The number of carbonyl (C=O) groups is 1. The van der Waals surface area contributed by atoms with Gasteiger partial charge in [0.15, 0.2) is 5.75 Å². The molecule has 1 fully saturated rings. The third kappa shape index (κ3) is 5.46. The fourth-order valence-corrected chi connectivity index (χ4v) is 3.63. The Balaban J connectivity index is 2.58. The fraction of sp³-hybridized carbons (Fsp3) is 0.917. The molecule has 112 valence electrons. The summed E-state index contributed by atoms with van der Waals surface area (Å²) in [5.41, 5.74) is 0. The molecule has 0 spiro atoms. The van der Waals surface area contributed by atoms with Gasteiger partial charge in [0.2, 0.25) is 10.0 Å². The molecule has 1 saturated heterocycles. The summed E-state index contributed by atoms with van der Waals surface area (Å²) in [5, 5.41) is 3.25. The van der Waals surface area contributed by atoms with Gasteiger partial charge in [0.25, 0.3) is 0 Å². The van der Waals surface area contributed by atoms with Crippen LogP contribution in [0, 0.1) is 5.92 Å². The highest BCUT2D eigenvalue weighted by molar-refractivity contribution is 7.89. The van der Waals surface area contributed by atoms with Crippen molar-refractivity contribution < 1.29 is 17.9 Å². The molecular formula is C12H24N2O4S. The lowest BCUT2D eigenvalue weighted by Gasteiger charge is -2.28. The number of ether oxygens (including phenoxy) is 1. The van der Waals surface area contributed by atoms with Crippen LogP contribution >= 0.6 is 0 Å². The lowest BCUT2D eigenvalue weighted by atomic mass is 9.98. The molecule has 0 bridgehead atoms. The van der Waals surface area contributed by atoms with E-state index in [-0.39, 0.29) is 6.61 Å². The van der Waals surface area contributed by atoms with Gasteiger partial charge in [-0.3, -0.25) is 4.79 Å². The Morgan fingerprint density at radius 1 is 1.32 bits per heavy atom. The summed E-state index contributed by atoms with van der Waals surface area (Å²) in [6.45, 7) is 6.42. The van der Waals surface area contributed by atoms with E-state index in [4.69, 9.17) is 4.74 Å². The summed E-state index contributed by atoms with van der Waals surface area (Å²) in [7, 11) is -3.55. The van der Waals surface area contributed by atoms with Gasteiger partial charge < -0.3 is 10.1 Å². The van der Waals surface area contributed by atoms with Gasteiger partial charge in [-0.15, -0.1) is 0 Å². The van der Waals surface area contributed by atoms with Crippen LogP contribution in [0.25, 0.3) is 0 Å². The van der Waals surface area contributed by atoms with Crippen LogP contribution in [0.3, 0.4) is 0 Å². The highest BCUT2D eigenvalue weighted by atomic mass is 32.2. The van der Waals surface area contributed by atoms with Crippen molar-refractivity contribution in [2.24, 2.45) is 5.92 Å². The molecule has 0 atom stereocenters. The number of nitrogens with zero attached hydrogens (tertiary/aromatic N) is 1. The van der Waals surface area contributed by atoms with E-state index in [0.717, 1.165) is 25.9 Å². The smallest absolute Gasteiger partial charge is 0.322 e. The number of carbonyl (C=O) groups excluding carboxylic acids is 1. The topological polar surface area (TPSA) is 75.7 Å². The zero-order valence-corrected chi connectivity index (χ0v) is 12.5. The first-order valence-corrected chi connectivity index (χ1v) is 8.44. The number of piperidine rings is 1. The van der Waals surface area contributed by atoms with Crippen LogP contribution < -0.4 is 5.32 Å². The lowest BCUT2D eigenvalue weighted by molar-refractivity contribution is -0.140. The van der Waals surface area contributed by atoms with Gasteiger partial charge >= 0.3 is 5.97 Å². The van der Waals surface area contributed by atoms with Gasteiger partial charge in [0.05, 0.1) is 6.61 Å². The van der Waals surface area contributed by atoms with Crippen LogP contribution in [-0.2, 0) is 19.6 Å². The van der Waals surface area contributed by atoms with Gasteiger partial charge in [0, 0.05) is 13.1 Å². The van der Waals surface area contributed by atoms with Crippen molar-refractivity contribution in [1.29, 1.82) is 0 Å². The second-order valence-corrected chi connectivity index (χ2v) is 6.67. The van der Waals surface area contributed by atoms with E-state index in [0.29, 0.717) is 19.0 Å². The molecule has 6 nitrogen and oxygen atoms in total. The third-order valence-electron chi connectivity index (χ3n) is 3.27. The third-order valence-corrected chi connectivity index (χ3v) is 5.07. The van der Waals surface area contributed by atoms with Gasteiger partial charge in [-0.05, 0) is 38.8 Å². The first kappa shape index (κ1) is 16.4. The van der Waals surface area contributed by atoms with Crippen molar-refractivity contribution in [3.8, 4) is 0 Å². The molecule has 7 heteroatoms. The largest absolute Gasteiger partial charge is 0.465 e. The quantitative estimate of drug-likeness (QED) is 0.679. The second kappa shape index (κ2) is 7.81. The van der Waals surface area contributed by atoms with E-state index >= 15 is 0 Å². The highest BCUT2D eigenvalue weighted by Gasteiger charge is 2.27. The summed E-state index contributed by atoms with van der Waals surface area (Å²) in [6, 6.07) is 0. The van der Waals surface area contributed by atoms with E-state index in [1.807, 2.05) is 0 Å². The average molecular weight is 292 g/mol. The number of hydrogen-bond donors (Lipinski definition) is 1. The molecule has 0 aliphatic carbocycles. The fourth-order valence-electron chi connectivity index (χ4n) is 2.23. The highest BCUT2D eigenvalue weighted by Crippen LogP contribution is 2.15. The molecule has 1 N–H and O–H groups in total. The number of sulfonamides is 1. The van der Waals surface area contributed by atoms with Crippen LogP contribution in [0.5, 0.6) is 0 Å². The molecule has 1 heterocycles. The molecule has 0 amide bonds. The number of rotatable bonds is 7. The molecule has 0 unspecified atom stereocenters. The minimum Gasteiger partial charge on any atom is -0.465 e. The van der Waals surface area contributed by atoms with Crippen LogP contribution in [0.4, 0.5) is 0 Å². The number of nitrogens with one attached hydrogen (secondary N) is 1. The van der Waals surface area contributed by atoms with Crippen LogP contribution in [0.2, 0.25) is 0 Å². The number of esters is 1. The van der Waals surface area contributed by atoms with E-state index < -0.39 is 21.7 Å². The molecule has 1 rings (SSSR count). The van der Waals surface area contributed by atoms with E-state index in [2.05, 4.69) is 5.32 Å². The van der Waals surface area contributed by atoms with Crippen molar-refractivity contribution in [3.05, 3.63) is 0 Å². The Hall–Kier alpha value is -0.660. The van der Waals surface area contributed by atoms with Crippen molar-refractivity contribution in [3.63, 3.8) is 0 Å². The molecule has 0 aromatic rings. The monoisotopic (exact) mass is 292 g/mol. The summed E-state index contributed by atoms with van der Waals surface area (Å²) >= 11 is 0. The first-order valence-electron chi connectivity index (χ1n) is 6.83. The zero-order valence-electron chi connectivity index (χ0n) is 11.7. The van der Waals surface area contributed by atoms with Crippen LogP contribution in [0.1, 0.15) is 26.7 Å². The molecule has 0 aromatic carbocycles. The summed E-state index contributed by atoms with van der Waals surface area (Å²) in [6.07, 6.45) is 1.96. The van der Waals surface area contributed by atoms with Crippen molar-refractivity contribution in [2.75, 3.05) is 38.5 Å². The van der Waals surface area contributed by atoms with E-state index in [9.17, 15) is 13.2 Å². The molecule has 0 saturated carbocycles. The Bertz CT molecular complexity index is 377. The zero-order chi connectivity index (χ0) is 14.3. The minimum absolute atomic E-state index is 0.203. The average Bonchev–Trinajstić information content (AvgIpc) is 2.36. The molecular weight excluding hydrogens is 268 g/mol. The predicted molar refractivity (Wildman–Crippen MR) is 73.3 cm³/mol. The van der Waals surface area contributed by atoms with Crippen molar-refractivity contribution in [2.45, 2.75) is 26.7 Å². The molecule has 1 aliphatic heterocycles. The second-order valence-electron chi connectivity index (χ2n) is 4.71. The van der Waals surface area contributed by atoms with Crippen molar-refractivity contribution >= 4 is 16.0 Å².